The molecule has 19 heavy (non-hydrogen) atoms. The molecule has 3 heteroatoms. The van der Waals surface area contributed by atoms with Gasteiger partial charge in [0.2, 0.25) is 5.91 Å². The molecule has 0 atom stereocenters. The summed E-state index contributed by atoms with van der Waals surface area (Å²) in [5.74, 6) is 0.372. The zero-order chi connectivity index (χ0) is 13.5. The second-order valence-corrected chi connectivity index (χ2v) is 6.16. The SMILES string of the molecule is CCN(C(=O)CN1CCCCCC1)C1CCCCC1. The lowest BCUT2D eigenvalue weighted by molar-refractivity contribution is -0.135. The van der Waals surface area contributed by atoms with Crippen LogP contribution in [0.3, 0.4) is 0 Å². The monoisotopic (exact) mass is 266 g/mol. The molecule has 1 aliphatic heterocycles. The summed E-state index contributed by atoms with van der Waals surface area (Å²) in [6.07, 6.45) is 11.6. The average molecular weight is 266 g/mol. The summed E-state index contributed by atoms with van der Waals surface area (Å²) in [5.41, 5.74) is 0. The van der Waals surface area contributed by atoms with Crippen LogP contribution in [-0.4, -0.2) is 47.9 Å². The smallest absolute Gasteiger partial charge is 0.236 e. The quantitative estimate of drug-likeness (QED) is 0.781. The van der Waals surface area contributed by atoms with Crippen molar-refractivity contribution < 1.29 is 4.79 Å². The second kappa shape index (κ2) is 7.88. The Morgan fingerprint density at radius 1 is 1.00 bits per heavy atom. The molecule has 0 unspecified atom stereocenters. The van der Waals surface area contributed by atoms with E-state index in [0.717, 1.165) is 19.6 Å². The molecule has 1 saturated heterocycles. The average Bonchev–Trinajstić information content (AvgIpc) is 2.69. The number of amides is 1. The molecule has 0 aromatic rings. The van der Waals surface area contributed by atoms with Crippen molar-refractivity contribution in [3.63, 3.8) is 0 Å². The van der Waals surface area contributed by atoms with E-state index < -0.39 is 0 Å². The molecular weight excluding hydrogens is 236 g/mol. The maximum atomic E-state index is 12.5. The molecule has 0 aromatic heterocycles. The minimum Gasteiger partial charge on any atom is -0.339 e. The van der Waals surface area contributed by atoms with E-state index >= 15 is 0 Å². The van der Waals surface area contributed by atoms with E-state index in [1.54, 1.807) is 0 Å². The number of nitrogens with zero attached hydrogens (tertiary/aromatic N) is 2. The number of carbonyl (C=O) groups excluding carboxylic acids is 1. The molecule has 2 aliphatic rings. The highest BCUT2D eigenvalue weighted by Crippen LogP contribution is 2.22. The fourth-order valence-corrected chi connectivity index (χ4v) is 3.61. The van der Waals surface area contributed by atoms with Crippen LogP contribution in [0.15, 0.2) is 0 Å². The largest absolute Gasteiger partial charge is 0.339 e. The molecule has 1 amide bonds. The van der Waals surface area contributed by atoms with Crippen LogP contribution in [0.1, 0.15) is 64.7 Å². The Labute approximate surface area is 118 Å². The first kappa shape index (κ1) is 14.8. The number of likely N-dealkylation sites (tertiary alicyclic amines) is 1. The Bertz CT molecular complexity index is 266. The molecule has 110 valence electrons. The van der Waals surface area contributed by atoms with E-state index in [0.29, 0.717) is 18.5 Å². The highest BCUT2D eigenvalue weighted by molar-refractivity contribution is 5.78. The molecule has 2 rings (SSSR count). The highest BCUT2D eigenvalue weighted by atomic mass is 16.2. The summed E-state index contributed by atoms with van der Waals surface area (Å²) in [5, 5.41) is 0. The Hall–Kier alpha value is -0.570. The van der Waals surface area contributed by atoms with Crippen molar-refractivity contribution in [1.82, 2.24) is 9.80 Å². The molecule has 3 nitrogen and oxygen atoms in total. The van der Waals surface area contributed by atoms with Gasteiger partial charge in [-0.25, -0.2) is 0 Å². The summed E-state index contributed by atoms with van der Waals surface area (Å²) in [7, 11) is 0. The summed E-state index contributed by atoms with van der Waals surface area (Å²) < 4.78 is 0. The lowest BCUT2D eigenvalue weighted by Gasteiger charge is -2.35. The third kappa shape index (κ3) is 4.48. The Morgan fingerprint density at radius 2 is 1.58 bits per heavy atom. The number of hydrogen-bond acceptors (Lipinski definition) is 2. The molecule has 0 radical (unpaired) electrons. The first-order valence-electron chi connectivity index (χ1n) is 8.33. The van der Waals surface area contributed by atoms with Gasteiger partial charge >= 0.3 is 0 Å². The van der Waals surface area contributed by atoms with Crippen molar-refractivity contribution in [3.8, 4) is 0 Å². The van der Waals surface area contributed by atoms with Crippen molar-refractivity contribution in [2.24, 2.45) is 0 Å². The van der Waals surface area contributed by atoms with Crippen LogP contribution >= 0.6 is 0 Å². The summed E-state index contributed by atoms with van der Waals surface area (Å²) in [6, 6.07) is 0.526. The van der Waals surface area contributed by atoms with E-state index in [-0.39, 0.29) is 0 Å². The van der Waals surface area contributed by atoms with Gasteiger partial charge in [-0.1, -0.05) is 32.1 Å². The van der Waals surface area contributed by atoms with E-state index in [1.165, 1.54) is 57.8 Å². The number of likely N-dealkylation sites (N-methyl/N-ethyl adjacent to an activating group) is 1. The van der Waals surface area contributed by atoms with Crippen LogP contribution < -0.4 is 0 Å². The maximum Gasteiger partial charge on any atom is 0.236 e. The maximum absolute atomic E-state index is 12.5. The number of carbonyl (C=O) groups is 1. The molecule has 0 bridgehead atoms. The van der Waals surface area contributed by atoms with Crippen LogP contribution in [-0.2, 0) is 4.79 Å². The van der Waals surface area contributed by atoms with Gasteiger partial charge in [-0.3, -0.25) is 9.69 Å². The highest BCUT2D eigenvalue weighted by Gasteiger charge is 2.25. The van der Waals surface area contributed by atoms with Gasteiger partial charge in [-0.15, -0.1) is 0 Å². The van der Waals surface area contributed by atoms with Crippen molar-refractivity contribution in [2.45, 2.75) is 70.8 Å². The molecule has 0 spiro atoms. The number of hydrogen-bond donors (Lipinski definition) is 0. The summed E-state index contributed by atoms with van der Waals surface area (Å²) >= 11 is 0. The molecular formula is C16H30N2O. The molecule has 0 N–H and O–H groups in total. The first-order chi connectivity index (χ1) is 9.31. The first-order valence-corrected chi connectivity index (χ1v) is 8.33. The van der Waals surface area contributed by atoms with Crippen LogP contribution in [0.2, 0.25) is 0 Å². The zero-order valence-corrected chi connectivity index (χ0v) is 12.6. The van der Waals surface area contributed by atoms with Gasteiger partial charge in [-0.2, -0.15) is 0 Å². The van der Waals surface area contributed by atoms with Crippen molar-refractivity contribution >= 4 is 5.91 Å². The topological polar surface area (TPSA) is 23.6 Å². The minimum absolute atomic E-state index is 0.372. The molecule has 2 fully saturated rings. The Kier molecular flexibility index (Phi) is 6.15. The Balaban J connectivity index is 1.84. The predicted octanol–water partition coefficient (Wildman–Crippen LogP) is 3.04. The van der Waals surface area contributed by atoms with Crippen molar-refractivity contribution in [3.05, 3.63) is 0 Å². The van der Waals surface area contributed by atoms with Gasteiger partial charge in [-0.05, 0) is 45.7 Å². The van der Waals surface area contributed by atoms with E-state index in [2.05, 4.69) is 16.7 Å². The molecule has 1 aliphatic carbocycles. The summed E-state index contributed by atoms with van der Waals surface area (Å²) in [4.78, 5) is 17.1. The lowest BCUT2D eigenvalue weighted by Crippen LogP contribution is -2.46. The van der Waals surface area contributed by atoms with Gasteiger partial charge in [0.1, 0.15) is 0 Å². The van der Waals surface area contributed by atoms with Gasteiger partial charge in [0, 0.05) is 12.6 Å². The van der Waals surface area contributed by atoms with Crippen LogP contribution in [0, 0.1) is 0 Å². The molecule has 1 saturated carbocycles. The Morgan fingerprint density at radius 3 is 2.16 bits per heavy atom. The van der Waals surface area contributed by atoms with E-state index in [9.17, 15) is 4.79 Å². The van der Waals surface area contributed by atoms with Gasteiger partial charge in [0.25, 0.3) is 0 Å². The van der Waals surface area contributed by atoms with E-state index in [4.69, 9.17) is 0 Å². The van der Waals surface area contributed by atoms with Crippen LogP contribution in [0.25, 0.3) is 0 Å². The fraction of sp³-hybridized carbons (Fsp3) is 0.938. The van der Waals surface area contributed by atoms with Gasteiger partial charge in [0.05, 0.1) is 6.54 Å². The zero-order valence-electron chi connectivity index (χ0n) is 12.6. The van der Waals surface area contributed by atoms with Crippen LogP contribution in [0.5, 0.6) is 0 Å². The van der Waals surface area contributed by atoms with Gasteiger partial charge < -0.3 is 4.90 Å². The van der Waals surface area contributed by atoms with Crippen LogP contribution in [0.4, 0.5) is 0 Å². The third-order valence-corrected chi connectivity index (χ3v) is 4.73. The van der Waals surface area contributed by atoms with Gasteiger partial charge in [0.15, 0.2) is 0 Å². The third-order valence-electron chi connectivity index (χ3n) is 4.73. The van der Waals surface area contributed by atoms with Crippen molar-refractivity contribution in [1.29, 1.82) is 0 Å². The number of rotatable bonds is 4. The second-order valence-electron chi connectivity index (χ2n) is 6.16. The molecule has 1 heterocycles. The standard InChI is InChI=1S/C16H30N2O/c1-2-18(15-10-6-5-7-11-15)16(19)14-17-12-8-3-4-9-13-17/h15H,2-14H2,1H3. The van der Waals surface area contributed by atoms with E-state index in [1.807, 2.05) is 0 Å². The minimum atomic E-state index is 0.372. The van der Waals surface area contributed by atoms with Crippen molar-refractivity contribution in [2.75, 3.05) is 26.2 Å². The predicted molar refractivity (Wildman–Crippen MR) is 79.2 cm³/mol. The lowest BCUT2D eigenvalue weighted by atomic mass is 9.94. The normalized spacial score (nSPS) is 23.0. The summed E-state index contributed by atoms with van der Waals surface area (Å²) in [6.45, 7) is 5.92. The fourth-order valence-electron chi connectivity index (χ4n) is 3.61. The molecule has 0 aromatic carbocycles.